The van der Waals surface area contributed by atoms with Gasteiger partial charge in [0, 0.05) is 50.8 Å². The average Bonchev–Trinajstić information content (AvgIpc) is 3.95. The van der Waals surface area contributed by atoms with Crippen LogP contribution in [0.25, 0.3) is 61.2 Å². The van der Waals surface area contributed by atoms with Crippen LogP contribution in [-0.2, 0) is 0 Å². The molecule has 0 aliphatic carbocycles. The van der Waals surface area contributed by atoms with E-state index in [4.69, 9.17) is 0 Å². The van der Waals surface area contributed by atoms with E-state index in [0.717, 1.165) is 0 Å². The minimum absolute atomic E-state index is 1.20. The van der Waals surface area contributed by atoms with Crippen molar-refractivity contribution in [3.63, 3.8) is 0 Å². The first-order valence-electron chi connectivity index (χ1n) is 17.4. The standard InChI is InChI=1S/C42H42S4Si2/c1-7-47(8-2,9-3)21-17-31-33-23-29-25-41(37-15-13-19-43-37)46-40(29)28-36(33)32(18-22-48(10-4,11-5)12-6)34-24-30-26-42(38-16-14-20-44-38)45-39(30)27-35(31)34/h13-16,19-20,23-28H,7-12H2,1-6H3. The molecule has 0 aliphatic rings. The monoisotopic (exact) mass is 730 g/mol. The highest BCUT2D eigenvalue weighted by molar-refractivity contribution is 7.26. The largest absolute Gasteiger partial charge is 0.143 e. The molecule has 0 amide bonds. The lowest BCUT2D eigenvalue weighted by Gasteiger charge is -2.21. The summed E-state index contributed by atoms with van der Waals surface area (Å²) >= 11 is 7.45. The van der Waals surface area contributed by atoms with Gasteiger partial charge in [0.15, 0.2) is 0 Å². The van der Waals surface area contributed by atoms with E-state index in [-0.39, 0.29) is 0 Å². The number of benzene rings is 3. The Morgan fingerprint density at radius 3 is 1.19 bits per heavy atom. The van der Waals surface area contributed by atoms with Crippen LogP contribution in [0.2, 0.25) is 36.3 Å². The molecule has 4 heterocycles. The van der Waals surface area contributed by atoms with Gasteiger partial charge in [-0.25, -0.2) is 0 Å². The molecule has 0 fully saturated rings. The SMILES string of the molecule is CC[Si](C#Cc1c2cc3cc(-c4cccs4)sc3cc2c(C#C[Si](CC)(CC)CC)c2cc3cc(-c4cccs4)sc3cc12)(CC)CC. The molecule has 0 spiro atoms. The Kier molecular flexibility index (Phi) is 9.61. The molecule has 0 nitrogen and oxygen atoms in total. The highest BCUT2D eigenvalue weighted by atomic mass is 32.1. The van der Waals surface area contributed by atoms with Crippen LogP contribution >= 0.6 is 45.3 Å². The third kappa shape index (κ3) is 5.96. The first-order chi connectivity index (χ1) is 23.4. The molecular weight excluding hydrogens is 689 g/mol. The van der Waals surface area contributed by atoms with Crippen molar-refractivity contribution in [1.29, 1.82) is 0 Å². The molecule has 0 radical (unpaired) electrons. The second-order valence-corrected chi connectivity index (χ2v) is 26.9. The van der Waals surface area contributed by atoms with Gasteiger partial charge < -0.3 is 0 Å². The topological polar surface area (TPSA) is 0 Å². The zero-order valence-electron chi connectivity index (χ0n) is 28.8. The van der Waals surface area contributed by atoms with Crippen molar-refractivity contribution in [3.8, 4) is 42.4 Å². The molecule has 48 heavy (non-hydrogen) atoms. The number of hydrogen-bond acceptors (Lipinski definition) is 4. The molecular formula is C42H42S4Si2. The lowest BCUT2D eigenvalue weighted by atomic mass is 9.91. The van der Waals surface area contributed by atoms with Crippen molar-refractivity contribution in [1.82, 2.24) is 0 Å². The minimum Gasteiger partial charge on any atom is -0.143 e. The fourth-order valence-electron chi connectivity index (χ4n) is 7.06. The van der Waals surface area contributed by atoms with E-state index < -0.39 is 16.1 Å². The third-order valence-electron chi connectivity index (χ3n) is 10.9. The van der Waals surface area contributed by atoms with Crippen LogP contribution in [0, 0.1) is 22.9 Å². The predicted molar refractivity (Wildman–Crippen MR) is 227 cm³/mol. The summed E-state index contributed by atoms with van der Waals surface area (Å²) < 4.78 is 2.65. The molecule has 0 N–H and O–H groups in total. The molecule has 0 unspecified atom stereocenters. The molecule has 4 aromatic heterocycles. The highest BCUT2D eigenvalue weighted by Crippen LogP contribution is 2.44. The quantitative estimate of drug-likeness (QED) is 0.0830. The van der Waals surface area contributed by atoms with Gasteiger partial charge in [-0.1, -0.05) is 65.5 Å². The van der Waals surface area contributed by atoms with Crippen LogP contribution < -0.4 is 0 Å². The Morgan fingerprint density at radius 1 is 0.479 bits per heavy atom. The number of rotatable bonds is 8. The maximum atomic E-state index is 4.01. The normalized spacial score (nSPS) is 12.1. The van der Waals surface area contributed by atoms with Gasteiger partial charge >= 0.3 is 0 Å². The Morgan fingerprint density at radius 2 is 0.854 bits per heavy atom. The van der Waals surface area contributed by atoms with E-state index >= 15 is 0 Å². The second-order valence-electron chi connectivity index (χ2n) is 13.0. The van der Waals surface area contributed by atoms with Crippen LogP contribution in [-0.4, -0.2) is 16.1 Å². The van der Waals surface area contributed by atoms with E-state index in [9.17, 15) is 0 Å². The molecule has 0 saturated carbocycles. The summed E-state index contributed by atoms with van der Waals surface area (Å²) in [5, 5.41) is 12.0. The summed E-state index contributed by atoms with van der Waals surface area (Å²) in [6.07, 6.45) is 0. The Bertz CT molecular complexity index is 2100. The first kappa shape index (κ1) is 33.5. The van der Waals surface area contributed by atoms with Crippen molar-refractivity contribution in [2.75, 3.05) is 0 Å². The summed E-state index contributed by atoms with van der Waals surface area (Å²) in [7, 11) is -3.38. The molecule has 3 aromatic carbocycles. The van der Waals surface area contributed by atoms with E-state index in [1.54, 1.807) is 0 Å². The molecule has 0 bridgehead atoms. The van der Waals surface area contributed by atoms with E-state index in [1.807, 2.05) is 45.3 Å². The second kappa shape index (κ2) is 13.8. The van der Waals surface area contributed by atoms with E-state index in [0.29, 0.717) is 0 Å². The maximum absolute atomic E-state index is 4.01. The third-order valence-corrected chi connectivity index (χ3v) is 24.6. The lowest BCUT2D eigenvalue weighted by molar-refractivity contribution is 1.20. The van der Waals surface area contributed by atoms with Crippen LogP contribution in [0.4, 0.5) is 0 Å². The van der Waals surface area contributed by atoms with Crippen molar-refractivity contribution in [2.45, 2.75) is 77.8 Å². The van der Waals surface area contributed by atoms with Gasteiger partial charge in [0.1, 0.15) is 16.1 Å². The molecule has 0 atom stereocenters. The van der Waals surface area contributed by atoms with Crippen molar-refractivity contribution >= 4 is 103 Å². The smallest absolute Gasteiger partial charge is 0.138 e. The zero-order valence-corrected chi connectivity index (χ0v) is 34.1. The van der Waals surface area contributed by atoms with Crippen LogP contribution in [0.3, 0.4) is 0 Å². The summed E-state index contributed by atoms with van der Waals surface area (Å²) in [6.45, 7) is 14.1. The average molecular weight is 731 g/mol. The lowest BCUT2D eigenvalue weighted by Crippen LogP contribution is -2.29. The van der Waals surface area contributed by atoms with E-state index in [2.05, 4.69) is 136 Å². The van der Waals surface area contributed by atoms with Gasteiger partial charge in [-0.3, -0.25) is 0 Å². The molecule has 242 valence electrons. The van der Waals surface area contributed by atoms with E-state index in [1.165, 1.54) is 109 Å². The Labute approximate surface area is 303 Å². The van der Waals surface area contributed by atoms with Crippen molar-refractivity contribution in [3.05, 3.63) is 82.6 Å². The summed E-state index contributed by atoms with van der Waals surface area (Å²) in [6, 6.07) is 30.5. The van der Waals surface area contributed by atoms with Gasteiger partial charge in [0.05, 0.1) is 0 Å². The molecule has 7 aromatic rings. The molecule has 0 aliphatic heterocycles. The maximum Gasteiger partial charge on any atom is 0.138 e. The van der Waals surface area contributed by atoms with Gasteiger partial charge in [0.2, 0.25) is 0 Å². The van der Waals surface area contributed by atoms with Gasteiger partial charge in [-0.2, -0.15) is 0 Å². The van der Waals surface area contributed by atoms with Gasteiger partial charge in [-0.05, 0) is 117 Å². The Balaban J connectivity index is 1.62. The summed E-state index contributed by atoms with van der Waals surface area (Å²) in [4.78, 5) is 5.35. The van der Waals surface area contributed by atoms with Crippen LogP contribution in [0.5, 0.6) is 0 Å². The zero-order chi connectivity index (χ0) is 33.5. The fourth-order valence-corrected chi connectivity index (χ4v) is 15.7. The van der Waals surface area contributed by atoms with Gasteiger partial charge in [0.25, 0.3) is 0 Å². The molecule has 7 rings (SSSR count). The summed E-state index contributed by atoms with van der Waals surface area (Å²) in [5.41, 5.74) is 10.4. The fraction of sp³-hybridized carbons (Fsp3) is 0.286. The van der Waals surface area contributed by atoms with Crippen molar-refractivity contribution in [2.24, 2.45) is 0 Å². The summed E-state index contributed by atoms with van der Waals surface area (Å²) in [5.74, 6) is 7.88. The first-order valence-corrected chi connectivity index (χ1v) is 26.1. The number of hydrogen-bond donors (Lipinski definition) is 0. The molecule has 6 heteroatoms. The highest BCUT2D eigenvalue weighted by Gasteiger charge is 2.26. The number of fused-ring (bicyclic) bond motifs is 4. The van der Waals surface area contributed by atoms with Crippen LogP contribution in [0.15, 0.2) is 71.4 Å². The minimum atomic E-state index is -1.69. The molecule has 0 saturated heterocycles. The van der Waals surface area contributed by atoms with Crippen LogP contribution in [0.1, 0.15) is 52.7 Å². The van der Waals surface area contributed by atoms with Crippen molar-refractivity contribution < 1.29 is 0 Å². The number of thiophene rings is 4. The van der Waals surface area contributed by atoms with Gasteiger partial charge in [-0.15, -0.1) is 56.4 Å². The predicted octanol–water partition coefficient (Wildman–Crippen LogP) is 14.7. The Hall–Kier alpha value is -2.95.